The second-order valence-electron chi connectivity index (χ2n) is 6.83. The monoisotopic (exact) mass is 419 g/mol. The Morgan fingerprint density at radius 1 is 0.806 bits per heavy atom. The minimum Gasteiger partial charge on any atom is -0.494 e. The van der Waals surface area contributed by atoms with Crippen LogP contribution in [0.5, 0.6) is 17.2 Å². The molecule has 3 aromatic carbocycles. The lowest BCUT2D eigenvalue weighted by Gasteiger charge is -2.14. The fourth-order valence-corrected chi connectivity index (χ4v) is 2.71. The van der Waals surface area contributed by atoms with Crippen molar-refractivity contribution in [1.82, 2.24) is 0 Å². The lowest BCUT2D eigenvalue weighted by molar-refractivity contribution is -0.153. The number of anilines is 1. The molecule has 31 heavy (non-hydrogen) atoms. The number of benzene rings is 3. The van der Waals surface area contributed by atoms with Crippen LogP contribution in [0.4, 0.5) is 5.69 Å². The first kappa shape index (κ1) is 21.9. The van der Waals surface area contributed by atoms with Gasteiger partial charge in [0.25, 0.3) is 5.91 Å². The maximum Gasteiger partial charge on any atom is 0.306 e. The summed E-state index contributed by atoms with van der Waals surface area (Å²) >= 11 is 0. The smallest absolute Gasteiger partial charge is 0.306 e. The molecule has 0 saturated carbocycles. The molecular weight excluding hydrogens is 394 g/mol. The first-order chi connectivity index (χ1) is 15.1. The predicted molar refractivity (Wildman–Crippen MR) is 118 cm³/mol. The number of hydrogen-bond acceptors (Lipinski definition) is 5. The molecule has 0 aliphatic carbocycles. The number of amides is 1. The van der Waals surface area contributed by atoms with Crippen LogP contribution in [0.2, 0.25) is 0 Å². The van der Waals surface area contributed by atoms with Crippen LogP contribution in [-0.4, -0.2) is 24.6 Å². The quantitative estimate of drug-likeness (QED) is 0.361. The average Bonchev–Trinajstić information content (AvgIpc) is 2.79. The summed E-state index contributed by atoms with van der Waals surface area (Å²) in [5, 5.41) is 2.73. The van der Waals surface area contributed by atoms with Gasteiger partial charge in [-0.2, -0.15) is 0 Å². The summed E-state index contributed by atoms with van der Waals surface area (Å²) in [4.78, 5) is 24.3. The number of carbonyl (C=O) groups is 2. The maximum atomic E-state index is 12.3. The Balaban J connectivity index is 1.37. The molecule has 0 aromatic heterocycles. The number of rotatable bonds is 10. The molecule has 1 amide bonds. The second-order valence-corrected chi connectivity index (χ2v) is 6.83. The highest BCUT2D eigenvalue weighted by molar-refractivity contribution is 5.95. The molecule has 1 N–H and O–H groups in total. The Hall–Kier alpha value is -3.80. The number of esters is 1. The Bertz CT molecular complexity index is 958. The van der Waals surface area contributed by atoms with Gasteiger partial charge < -0.3 is 19.5 Å². The van der Waals surface area contributed by atoms with Crippen LogP contribution in [0.15, 0.2) is 84.9 Å². The Kier molecular flexibility index (Phi) is 8.05. The SMILES string of the molecule is C[C@H](OC(=O)CCCOc1ccccc1)C(=O)Nc1ccc(Oc2ccccc2)cc1. The van der Waals surface area contributed by atoms with Gasteiger partial charge in [-0.25, -0.2) is 0 Å². The maximum absolute atomic E-state index is 12.3. The zero-order valence-electron chi connectivity index (χ0n) is 17.3. The highest BCUT2D eigenvalue weighted by Gasteiger charge is 2.17. The van der Waals surface area contributed by atoms with Gasteiger partial charge in [0.05, 0.1) is 6.61 Å². The normalized spacial score (nSPS) is 11.3. The Labute approximate surface area is 181 Å². The molecule has 0 heterocycles. The Morgan fingerprint density at radius 3 is 2.03 bits per heavy atom. The van der Waals surface area contributed by atoms with Gasteiger partial charge in [-0.15, -0.1) is 0 Å². The highest BCUT2D eigenvalue weighted by atomic mass is 16.5. The van der Waals surface area contributed by atoms with Crippen LogP contribution >= 0.6 is 0 Å². The van der Waals surface area contributed by atoms with E-state index in [-0.39, 0.29) is 6.42 Å². The fraction of sp³-hybridized carbons (Fsp3) is 0.200. The minimum atomic E-state index is -0.900. The van der Waals surface area contributed by atoms with Crippen molar-refractivity contribution in [1.29, 1.82) is 0 Å². The van der Waals surface area contributed by atoms with Gasteiger partial charge in [-0.05, 0) is 61.9 Å². The van der Waals surface area contributed by atoms with E-state index in [1.807, 2.05) is 60.7 Å². The van der Waals surface area contributed by atoms with Crippen molar-refractivity contribution in [3.8, 4) is 17.2 Å². The van der Waals surface area contributed by atoms with E-state index in [1.54, 1.807) is 31.2 Å². The summed E-state index contributed by atoms with van der Waals surface area (Å²) in [5.41, 5.74) is 0.588. The van der Waals surface area contributed by atoms with E-state index in [0.29, 0.717) is 24.5 Å². The summed E-state index contributed by atoms with van der Waals surface area (Å²) in [6, 6.07) is 25.8. The van der Waals surface area contributed by atoms with E-state index >= 15 is 0 Å². The van der Waals surface area contributed by atoms with E-state index < -0.39 is 18.0 Å². The van der Waals surface area contributed by atoms with Crippen molar-refractivity contribution in [3.05, 3.63) is 84.9 Å². The third kappa shape index (κ3) is 7.51. The molecule has 0 unspecified atom stereocenters. The molecule has 160 valence electrons. The zero-order chi connectivity index (χ0) is 21.9. The molecule has 0 fully saturated rings. The van der Waals surface area contributed by atoms with E-state index in [4.69, 9.17) is 14.2 Å². The van der Waals surface area contributed by atoms with Crippen molar-refractivity contribution in [2.75, 3.05) is 11.9 Å². The van der Waals surface area contributed by atoms with Crippen molar-refractivity contribution < 1.29 is 23.8 Å². The number of carbonyl (C=O) groups excluding carboxylic acids is 2. The molecule has 0 aliphatic rings. The topological polar surface area (TPSA) is 73.9 Å². The van der Waals surface area contributed by atoms with Crippen LogP contribution in [0.25, 0.3) is 0 Å². The lowest BCUT2D eigenvalue weighted by atomic mass is 10.2. The molecule has 3 aromatic rings. The van der Waals surface area contributed by atoms with Crippen molar-refractivity contribution in [2.24, 2.45) is 0 Å². The molecule has 6 nitrogen and oxygen atoms in total. The van der Waals surface area contributed by atoms with Gasteiger partial charge in [0.15, 0.2) is 6.10 Å². The van der Waals surface area contributed by atoms with Crippen molar-refractivity contribution in [2.45, 2.75) is 25.9 Å². The van der Waals surface area contributed by atoms with E-state index in [9.17, 15) is 9.59 Å². The van der Waals surface area contributed by atoms with Crippen LogP contribution in [-0.2, 0) is 14.3 Å². The summed E-state index contributed by atoms with van der Waals surface area (Å²) in [7, 11) is 0. The molecule has 6 heteroatoms. The Morgan fingerprint density at radius 2 is 1.39 bits per heavy atom. The van der Waals surface area contributed by atoms with Crippen LogP contribution in [0.3, 0.4) is 0 Å². The summed E-state index contributed by atoms with van der Waals surface area (Å²) in [6.07, 6.45) is -0.219. The number of ether oxygens (including phenoxy) is 3. The zero-order valence-corrected chi connectivity index (χ0v) is 17.3. The predicted octanol–water partition coefficient (Wildman–Crippen LogP) is 5.21. The number of para-hydroxylation sites is 2. The minimum absolute atomic E-state index is 0.177. The largest absolute Gasteiger partial charge is 0.494 e. The molecular formula is C25H25NO5. The van der Waals surface area contributed by atoms with Crippen LogP contribution in [0.1, 0.15) is 19.8 Å². The second kappa shape index (κ2) is 11.4. The van der Waals surface area contributed by atoms with Crippen molar-refractivity contribution >= 4 is 17.6 Å². The van der Waals surface area contributed by atoms with Crippen LogP contribution < -0.4 is 14.8 Å². The summed E-state index contributed by atoms with van der Waals surface area (Å²) < 4.78 is 16.5. The van der Waals surface area contributed by atoms with Gasteiger partial charge in [0.1, 0.15) is 17.2 Å². The molecule has 0 saturated heterocycles. The molecule has 0 bridgehead atoms. The molecule has 3 rings (SSSR count). The third-order valence-corrected chi connectivity index (χ3v) is 4.32. The van der Waals surface area contributed by atoms with Gasteiger partial charge in [-0.1, -0.05) is 36.4 Å². The summed E-state index contributed by atoms with van der Waals surface area (Å²) in [5.74, 6) is 1.30. The van der Waals surface area contributed by atoms with Crippen molar-refractivity contribution in [3.63, 3.8) is 0 Å². The molecule has 0 spiro atoms. The average molecular weight is 419 g/mol. The number of hydrogen-bond donors (Lipinski definition) is 1. The summed E-state index contributed by atoms with van der Waals surface area (Å²) in [6.45, 7) is 1.94. The lowest BCUT2D eigenvalue weighted by Crippen LogP contribution is -2.30. The van der Waals surface area contributed by atoms with E-state index in [0.717, 1.165) is 11.5 Å². The van der Waals surface area contributed by atoms with Gasteiger partial charge in [0, 0.05) is 12.1 Å². The van der Waals surface area contributed by atoms with E-state index in [2.05, 4.69) is 5.32 Å². The van der Waals surface area contributed by atoms with Gasteiger partial charge in [-0.3, -0.25) is 9.59 Å². The first-order valence-electron chi connectivity index (χ1n) is 10.1. The first-order valence-corrected chi connectivity index (χ1v) is 10.1. The van der Waals surface area contributed by atoms with Crippen LogP contribution in [0, 0.1) is 0 Å². The highest BCUT2D eigenvalue weighted by Crippen LogP contribution is 2.22. The third-order valence-electron chi connectivity index (χ3n) is 4.32. The number of nitrogens with one attached hydrogen (secondary N) is 1. The molecule has 0 aliphatic heterocycles. The standard InChI is InChI=1S/C25H25NO5/c1-19(30-24(27)13-8-18-29-21-9-4-2-5-10-21)25(28)26-20-14-16-23(17-15-20)31-22-11-6-3-7-12-22/h2-7,9-12,14-17,19H,8,13,18H2,1H3,(H,26,28)/t19-/m0/s1. The molecule has 0 radical (unpaired) electrons. The van der Waals surface area contributed by atoms with E-state index in [1.165, 1.54) is 0 Å². The fourth-order valence-electron chi connectivity index (χ4n) is 2.71. The molecule has 1 atom stereocenters. The van der Waals surface area contributed by atoms with Gasteiger partial charge >= 0.3 is 5.97 Å². The van der Waals surface area contributed by atoms with Gasteiger partial charge in [0.2, 0.25) is 0 Å².